The van der Waals surface area contributed by atoms with Gasteiger partial charge in [0, 0.05) is 10.8 Å². The minimum Gasteiger partial charge on any atom is -0.497 e. The van der Waals surface area contributed by atoms with E-state index in [1.165, 1.54) is 6.07 Å². The molecular weight excluding hydrogens is 260 g/mol. The van der Waals surface area contributed by atoms with Gasteiger partial charge in [-0.15, -0.1) is 0 Å². The van der Waals surface area contributed by atoms with Crippen molar-refractivity contribution in [3.63, 3.8) is 0 Å². The second-order valence-electron chi connectivity index (χ2n) is 4.32. The molecule has 0 aliphatic heterocycles. The molecule has 3 rings (SSSR count). The Morgan fingerprint density at radius 3 is 2.60 bits per heavy atom. The van der Waals surface area contributed by atoms with Crippen LogP contribution in [0.25, 0.3) is 21.7 Å². The summed E-state index contributed by atoms with van der Waals surface area (Å²) in [6, 6.07) is 10.2. The summed E-state index contributed by atoms with van der Waals surface area (Å²) < 4.78 is 10.3. The highest BCUT2D eigenvalue weighted by Crippen LogP contribution is 2.27. The SMILES string of the molecule is COc1ccc2c(ccc3cc(C(=O)O)c(=O)oc32)c1. The zero-order chi connectivity index (χ0) is 14.3. The van der Waals surface area contributed by atoms with Crippen molar-refractivity contribution in [2.24, 2.45) is 0 Å². The van der Waals surface area contributed by atoms with E-state index in [4.69, 9.17) is 14.3 Å². The van der Waals surface area contributed by atoms with Crippen LogP contribution in [-0.2, 0) is 0 Å². The van der Waals surface area contributed by atoms with E-state index in [0.717, 1.165) is 10.8 Å². The number of methoxy groups -OCH3 is 1. The molecule has 0 amide bonds. The van der Waals surface area contributed by atoms with Crippen molar-refractivity contribution in [1.82, 2.24) is 0 Å². The first kappa shape index (κ1) is 12.2. The molecule has 0 bridgehead atoms. The third-order valence-electron chi connectivity index (χ3n) is 3.15. The Balaban J connectivity index is 2.40. The second-order valence-corrected chi connectivity index (χ2v) is 4.32. The Bertz CT molecular complexity index is 892. The molecule has 0 radical (unpaired) electrons. The molecule has 0 aliphatic rings. The van der Waals surface area contributed by atoms with Gasteiger partial charge < -0.3 is 14.3 Å². The molecule has 3 aromatic rings. The van der Waals surface area contributed by atoms with Crippen LogP contribution in [0.4, 0.5) is 0 Å². The summed E-state index contributed by atoms with van der Waals surface area (Å²) in [6.45, 7) is 0. The Morgan fingerprint density at radius 2 is 1.90 bits per heavy atom. The van der Waals surface area contributed by atoms with Crippen molar-refractivity contribution in [2.75, 3.05) is 7.11 Å². The number of rotatable bonds is 2. The lowest BCUT2D eigenvalue weighted by Crippen LogP contribution is -2.12. The first-order valence-electron chi connectivity index (χ1n) is 5.88. The van der Waals surface area contributed by atoms with Crippen LogP contribution < -0.4 is 10.4 Å². The quantitative estimate of drug-likeness (QED) is 0.572. The molecule has 0 saturated carbocycles. The van der Waals surface area contributed by atoms with Gasteiger partial charge in [0.15, 0.2) is 0 Å². The van der Waals surface area contributed by atoms with Crippen LogP contribution in [0.5, 0.6) is 5.75 Å². The average molecular weight is 270 g/mol. The summed E-state index contributed by atoms with van der Waals surface area (Å²) in [7, 11) is 1.57. The standard InChI is InChI=1S/C15H10O5/c1-19-10-4-5-11-8(6-10)2-3-9-7-12(14(16)17)15(18)20-13(9)11/h2-7H,1H3,(H,16,17). The molecule has 0 spiro atoms. The zero-order valence-electron chi connectivity index (χ0n) is 10.5. The molecule has 5 nitrogen and oxygen atoms in total. The normalized spacial score (nSPS) is 10.8. The number of benzene rings is 2. The molecule has 0 saturated heterocycles. The molecule has 0 unspecified atom stereocenters. The fourth-order valence-corrected chi connectivity index (χ4v) is 2.16. The van der Waals surface area contributed by atoms with E-state index >= 15 is 0 Å². The van der Waals surface area contributed by atoms with Gasteiger partial charge in [-0.3, -0.25) is 0 Å². The average Bonchev–Trinajstić information content (AvgIpc) is 2.45. The lowest BCUT2D eigenvalue weighted by molar-refractivity contribution is 0.0692. The van der Waals surface area contributed by atoms with E-state index in [1.54, 1.807) is 25.3 Å². The number of carboxylic acids is 1. The van der Waals surface area contributed by atoms with Crippen LogP contribution in [0.1, 0.15) is 10.4 Å². The van der Waals surface area contributed by atoms with Crippen molar-refractivity contribution >= 4 is 27.7 Å². The lowest BCUT2D eigenvalue weighted by Gasteiger charge is -2.05. The summed E-state index contributed by atoms with van der Waals surface area (Å²) in [4.78, 5) is 22.6. The largest absolute Gasteiger partial charge is 0.497 e. The molecule has 2 aromatic carbocycles. The molecule has 1 aromatic heterocycles. The van der Waals surface area contributed by atoms with Crippen molar-refractivity contribution in [3.8, 4) is 5.75 Å². The molecule has 0 atom stereocenters. The predicted molar refractivity (Wildman–Crippen MR) is 73.5 cm³/mol. The number of hydrogen-bond acceptors (Lipinski definition) is 4. The molecule has 0 aliphatic carbocycles. The number of hydrogen-bond donors (Lipinski definition) is 1. The minimum absolute atomic E-state index is 0.370. The highest BCUT2D eigenvalue weighted by molar-refractivity contribution is 6.05. The van der Waals surface area contributed by atoms with Crippen molar-refractivity contribution in [2.45, 2.75) is 0 Å². The molecular formula is C15H10O5. The third kappa shape index (κ3) is 1.80. The molecule has 100 valence electrons. The second kappa shape index (κ2) is 4.38. The van der Waals surface area contributed by atoms with Gasteiger partial charge in [-0.1, -0.05) is 12.1 Å². The highest BCUT2D eigenvalue weighted by Gasteiger charge is 2.13. The number of fused-ring (bicyclic) bond motifs is 3. The van der Waals surface area contributed by atoms with E-state index in [1.807, 2.05) is 12.1 Å². The van der Waals surface area contributed by atoms with Crippen LogP contribution in [0.15, 0.2) is 45.6 Å². The first-order valence-corrected chi connectivity index (χ1v) is 5.88. The summed E-state index contributed by atoms with van der Waals surface area (Å²) in [5, 5.41) is 11.1. The summed E-state index contributed by atoms with van der Waals surface area (Å²) in [5.41, 5.74) is -0.848. The van der Waals surface area contributed by atoms with E-state index in [0.29, 0.717) is 16.7 Å². The van der Waals surface area contributed by atoms with Crippen LogP contribution in [0.3, 0.4) is 0 Å². The predicted octanol–water partition coefficient (Wildman–Crippen LogP) is 2.65. The van der Waals surface area contributed by atoms with Gasteiger partial charge in [0.25, 0.3) is 0 Å². The Hall–Kier alpha value is -2.82. The number of carbonyl (C=O) groups is 1. The zero-order valence-corrected chi connectivity index (χ0v) is 10.5. The Labute approximate surface area is 113 Å². The molecule has 20 heavy (non-hydrogen) atoms. The maximum Gasteiger partial charge on any atom is 0.351 e. The Morgan fingerprint density at radius 1 is 1.15 bits per heavy atom. The van der Waals surface area contributed by atoms with E-state index in [2.05, 4.69) is 0 Å². The Kier molecular flexibility index (Phi) is 2.68. The fraction of sp³-hybridized carbons (Fsp3) is 0.0667. The van der Waals surface area contributed by atoms with Crippen LogP contribution in [0.2, 0.25) is 0 Å². The third-order valence-corrected chi connectivity index (χ3v) is 3.15. The van der Waals surface area contributed by atoms with Crippen LogP contribution in [-0.4, -0.2) is 18.2 Å². The van der Waals surface area contributed by atoms with Gasteiger partial charge in [0.2, 0.25) is 0 Å². The van der Waals surface area contributed by atoms with Gasteiger partial charge in [0.05, 0.1) is 7.11 Å². The van der Waals surface area contributed by atoms with Crippen molar-refractivity contribution in [1.29, 1.82) is 0 Å². The summed E-state index contributed by atoms with van der Waals surface area (Å²) >= 11 is 0. The first-order chi connectivity index (χ1) is 9.60. The number of ether oxygens (including phenoxy) is 1. The monoisotopic (exact) mass is 270 g/mol. The highest BCUT2D eigenvalue weighted by atomic mass is 16.5. The number of carboxylic acid groups (broad SMARTS) is 1. The van der Waals surface area contributed by atoms with Crippen LogP contribution in [0, 0.1) is 0 Å². The molecule has 5 heteroatoms. The summed E-state index contributed by atoms with van der Waals surface area (Å²) in [6.07, 6.45) is 0. The lowest BCUT2D eigenvalue weighted by atomic mass is 10.1. The maximum absolute atomic E-state index is 11.7. The maximum atomic E-state index is 11.7. The van der Waals surface area contributed by atoms with Gasteiger partial charge in [0.1, 0.15) is 16.9 Å². The van der Waals surface area contributed by atoms with Gasteiger partial charge in [-0.05, 0) is 29.7 Å². The van der Waals surface area contributed by atoms with Gasteiger partial charge >= 0.3 is 11.6 Å². The van der Waals surface area contributed by atoms with Crippen LogP contribution >= 0.6 is 0 Å². The van der Waals surface area contributed by atoms with E-state index in [-0.39, 0.29) is 5.56 Å². The van der Waals surface area contributed by atoms with Gasteiger partial charge in [-0.25, -0.2) is 9.59 Å². The van der Waals surface area contributed by atoms with Crippen molar-refractivity contribution in [3.05, 3.63) is 52.4 Å². The molecule has 1 N–H and O–H groups in total. The van der Waals surface area contributed by atoms with E-state index in [9.17, 15) is 9.59 Å². The minimum atomic E-state index is -1.30. The number of aromatic carboxylic acids is 1. The van der Waals surface area contributed by atoms with E-state index < -0.39 is 11.6 Å². The van der Waals surface area contributed by atoms with Crippen molar-refractivity contribution < 1.29 is 19.1 Å². The fourth-order valence-electron chi connectivity index (χ4n) is 2.16. The smallest absolute Gasteiger partial charge is 0.351 e. The molecule has 1 heterocycles. The molecule has 0 fully saturated rings. The summed E-state index contributed by atoms with van der Waals surface area (Å²) in [5.74, 6) is -0.600. The van der Waals surface area contributed by atoms with Gasteiger partial charge in [-0.2, -0.15) is 0 Å². The topological polar surface area (TPSA) is 76.7 Å².